The number of nitrogens with zero attached hydrogens (tertiary/aromatic N) is 5. The Hall–Kier alpha value is -2.93. The summed E-state index contributed by atoms with van der Waals surface area (Å²) < 4.78 is 0. The molecule has 0 saturated carbocycles. The molecule has 1 atom stereocenters. The third kappa shape index (κ3) is 4.74. The molecule has 3 aromatic heterocycles. The van der Waals surface area contributed by atoms with Gasteiger partial charge in [0, 0.05) is 66.9 Å². The summed E-state index contributed by atoms with van der Waals surface area (Å²) in [6.45, 7) is 6.91. The number of aromatic amines is 1. The summed E-state index contributed by atoms with van der Waals surface area (Å²) in [5.74, 6) is 2.05. The summed E-state index contributed by atoms with van der Waals surface area (Å²) >= 11 is 0. The maximum Gasteiger partial charge on any atom is 0.251 e. The molecule has 0 bridgehead atoms. The monoisotopic (exact) mass is 390 g/mol. The van der Waals surface area contributed by atoms with Crippen LogP contribution in [-0.4, -0.2) is 42.9 Å². The van der Waals surface area contributed by atoms with Gasteiger partial charge in [-0.3, -0.25) is 14.7 Å². The number of piperidine rings is 1. The normalized spacial score (nSPS) is 17.6. The van der Waals surface area contributed by atoms with Gasteiger partial charge < -0.3 is 4.98 Å². The molecule has 7 nitrogen and oxygen atoms in total. The van der Waals surface area contributed by atoms with Crippen molar-refractivity contribution in [2.45, 2.75) is 45.1 Å². The Morgan fingerprint density at radius 1 is 1.21 bits per heavy atom. The summed E-state index contributed by atoms with van der Waals surface area (Å²) in [5, 5.41) is 0. The summed E-state index contributed by atoms with van der Waals surface area (Å²) in [6.07, 6.45) is 9.38. The van der Waals surface area contributed by atoms with Crippen molar-refractivity contribution in [1.82, 2.24) is 29.8 Å². The predicted molar refractivity (Wildman–Crippen MR) is 111 cm³/mol. The van der Waals surface area contributed by atoms with Gasteiger partial charge in [0.15, 0.2) is 0 Å². The maximum atomic E-state index is 12.2. The van der Waals surface area contributed by atoms with Gasteiger partial charge in [-0.1, -0.05) is 13.8 Å². The van der Waals surface area contributed by atoms with E-state index < -0.39 is 0 Å². The fourth-order valence-electron chi connectivity index (χ4n) is 3.78. The molecule has 7 heteroatoms. The Kier molecular flexibility index (Phi) is 5.76. The van der Waals surface area contributed by atoms with Crippen molar-refractivity contribution in [2.75, 3.05) is 13.1 Å². The molecule has 1 N–H and O–H groups in total. The zero-order chi connectivity index (χ0) is 20.2. The van der Waals surface area contributed by atoms with Crippen molar-refractivity contribution in [3.05, 3.63) is 70.4 Å². The van der Waals surface area contributed by atoms with Crippen LogP contribution in [0, 0.1) is 0 Å². The number of hydrogen-bond acceptors (Lipinski definition) is 6. The number of nitrogens with one attached hydrogen (secondary N) is 1. The molecule has 150 valence electrons. The molecule has 29 heavy (non-hydrogen) atoms. The highest BCUT2D eigenvalue weighted by Gasteiger charge is 2.23. The standard InChI is InChI=1S/C22H26N6O/c1-15(2)21-24-11-16(12-25-21)13-28-9-3-4-18(14-28)19-10-20(29)27-22(26-19)17-5-7-23-8-6-17/h5-8,10-12,15,18H,3-4,9,13-14H2,1-2H3,(H,26,27,29). The zero-order valence-electron chi connectivity index (χ0n) is 16.9. The van der Waals surface area contributed by atoms with Gasteiger partial charge in [-0.15, -0.1) is 0 Å². The van der Waals surface area contributed by atoms with Crippen LogP contribution in [0.5, 0.6) is 0 Å². The first kappa shape index (κ1) is 19.4. The van der Waals surface area contributed by atoms with Gasteiger partial charge in [-0.2, -0.15) is 0 Å². The lowest BCUT2D eigenvalue weighted by Gasteiger charge is -2.32. The Morgan fingerprint density at radius 3 is 2.69 bits per heavy atom. The number of pyridine rings is 1. The van der Waals surface area contributed by atoms with Crippen LogP contribution in [0.25, 0.3) is 11.4 Å². The number of H-pyrrole nitrogens is 1. The van der Waals surface area contributed by atoms with Crippen molar-refractivity contribution >= 4 is 0 Å². The second-order valence-electron chi connectivity index (χ2n) is 7.93. The first-order chi connectivity index (χ1) is 14.1. The van der Waals surface area contributed by atoms with E-state index in [0.717, 1.165) is 55.1 Å². The molecule has 4 heterocycles. The molecule has 1 aliphatic rings. The summed E-state index contributed by atoms with van der Waals surface area (Å²) in [4.78, 5) is 35.2. The lowest BCUT2D eigenvalue weighted by molar-refractivity contribution is 0.198. The molecule has 4 rings (SSSR count). The lowest BCUT2D eigenvalue weighted by Crippen LogP contribution is -2.34. The van der Waals surface area contributed by atoms with E-state index in [1.807, 2.05) is 24.5 Å². The van der Waals surface area contributed by atoms with E-state index in [4.69, 9.17) is 4.98 Å². The zero-order valence-corrected chi connectivity index (χ0v) is 16.9. The third-order valence-electron chi connectivity index (χ3n) is 5.29. The van der Waals surface area contributed by atoms with Gasteiger partial charge in [0.25, 0.3) is 5.56 Å². The molecule has 1 fully saturated rings. The molecular formula is C22H26N6O. The minimum atomic E-state index is -0.114. The van der Waals surface area contributed by atoms with Crippen LogP contribution < -0.4 is 5.56 Å². The first-order valence-electron chi connectivity index (χ1n) is 10.1. The van der Waals surface area contributed by atoms with E-state index in [2.05, 4.69) is 38.7 Å². The van der Waals surface area contributed by atoms with Gasteiger partial charge in [0.05, 0.1) is 5.69 Å². The van der Waals surface area contributed by atoms with Crippen LogP contribution >= 0.6 is 0 Å². The Balaban J connectivity index is 1.50. The molecule has 1 unspecified atom stereocenters. The van der Waals surface area contributed by atoms with E-state index in [1.54, 1.807) is 18.5 Å². The highest BCUT2D eigenvalue weighted by molar-refractivity contribution is 5.53. The van der Waals surface area contributed by atoms with Gasteiger partial charge in [0.1, 0.15) is 11.6 Å². The number of hydrogen-bond donors (Lipinski definition) is 1. The molecule has 0 radical (unpaired) electrons. The van der Waals surface area contributed by atoms with Crippen LogP contribution in [-0.2, 0) is 6.54 Å². The Bertz CT molecular complexity index is 1000. The SMILES string of the molecule is CC(C)c1ncc(CN2CCCC(c3cc(=O)[nH]c(-c4ccncc4)n3)C2)cn1. The number of aromatic nitrogens is 5. The van der Waals surface area contributed by atoms with Crippen molar-refractivity contribution in [3.63, 3.8) is 0 Å². The number of rotatable bonds is 5. The molecule has 1 aliphatic heterocycles. The van der Waals surface area contributed by atoms with Gasteiger partial charge in [-0.25, -0.2) is 15.0 Å². The lowest BCUT2D eigenvalue weighted by atomic mass is 9.94. The largest absolute Gasteiger partial charge is 0.307 e. The molecule has 0 aromatic carbocycles. The second kappa shape index (κ2) is 8.61. The molecule has 3 aromatic rings. The molecule has 0 aliphatic carbocycles. The van der Waals surface area contributed by atoms with Crippen molar-refractivity contribution in [3.8, 4) is 11.4 Å². The molecule has 1 saturated heterocycles. The maximum absolute atomic E-state index is 12.2. The smallest absolute Gasteiger partial charge is 0.251 e. The number of likely N-dealkylation sites (tertiary alicyclic amines) is 1. The van der Waals surface area contributed by atoms with Crippen LogP contribution in [0.2, 0.25) is 0 Å². The summed E-state index contributed by atoms with van der Waals surface area (Å²) in [7, 11) is 0. The molecule has 0 amide bonds. The summed E-state index contributed by atoms with van der Waals surface area (Å²) in [6, 6.07) is 5.35. The van der Waals surface area contributed by atoms with Gasteiger partial charge in [0.2, 0.25) is 0 Å². The molecular weight excluding hydrogens is 364 g/mol. The molecule has 0 spiro atoms. The van der Waals surface area contributed by atoms with E-state index in [1.165, 1.54) is 0 Å². The van der Waals surface area contributed by atoms with Crippen molar-refractivity contribution in [2.24, 2.45) is 0 Å². The van der Waals surface area contributed by atoms with E-state index in [9.17, 15) is 4.79 Å². The van der Waals surface area contributed by atoms with Gasteiger partial charge in [-0.05, 0) is 31.5 Å². The van der Waals surface area contributed by atoms with E-state index in [-0.39, 0.29) is 11.5 Å². The average molecular weight is 390 g/mol. The van der Waals surface area contributed by atoms with Crippen LogP contribution in [0.15, 0.2) is 47.8 Å². The first-order valence-corrected chi connectivity index (χ1v) is 10.1. The van der Waals surface area contributed by atoms with Crippen LogP contribution in [0.1, 0.15) is 55.6 Å². The highest BCUT2D eigenvalue weighted by Crippen LogP contribution is 2.27. The topological polar surface area (TPSA) is 87.7 Å². The van der Waals surface area contributed by atoms with Gasteiger partial charge >= 0.3 is 0 Å². The van der Waals surface area contributed by atoms with E-state index >= 15 is 0 Å². The van der Waals surface area contributed by atoms with Crippen LogP contribution in [0.4, 0.5) is 0 Å². The van der Waals surface area contributed by atoms with Crippen molar-refractivity contribution in [1.29, 1.82) is 0 Å². The minimum absolute atomic E-state index is 0.114. The third-order valence-corrected chi connectivity index (χ3v) is 5.29. The summed E-state index contributed by atoms with van der Waals surface area (Å²) in [5.41, 5.74) is 2.73. The van der Waals surface area contributed by atoms with Crippen LogP contribution in [0.3, 0.4) is 0 Å². The average Bonchev–Trinajstić information content (AvgIpc) is 2.74. The van der Waals surface area contributed by atoms with Crippen molar-refractivity contribution < 1.29 is 0 Å². The minimum Gasteiger partial charge on any atom is -0.307 e. The second-order valence-corrected chi connectivity index (χ2v) is 7.93. The quantitative estimate of drug-likeness (QED) is 0.720. The van der Waals surface area contributed by atoms with E-state index in [0.29, 0.717) is 11.7 Å². The fraction of sp³-hybridized carbons (Fsp3) is 0.409. The highest BCUT2D eigenvalue weighted by atomic mass is 16.1. The fourth-order valence-corrected chi connectivity index (χ4v) is 3.78. The Labute approximate surface area is 170 Å². The Morgan fingerprint density at radius 2 is 1.97 bits per heavy atom. The predicted octanol–water partition coefficient (Wildman–Crippen LogP) is 3.12.